The van der Waals surface area contributed by atoms with Crippen molar-refractivity contribution in [3.63, 3.8) is 0 Å². The Kier molecular flexibility index (Phi) is 5.21. The van der Waals surface area contributed by atoms with Crippen molar-refractivity contribution in [2.24, 2.45) is 5.92 Å². The highest BCUT2D eigenvalue weighted by atomic mass is 16.5. The van der Waals surface area contributed by atoms with Crippen molar-refractivity contribution in [3.8, 4) is 5.75 Å². The Bertz CT molecular complexity index is 515. The molecule has 0 spiro atoms. The first kappa shape index (κ1) is 16.3. The van der Waals surface area contributed by atoms with Gasteiger partial charge >= 0.3 is 0 Å². The molecule has 0 aromatic heterocycles. The maximum atomic E-state index is 12.3. The van der Waals surface area contributed by atoms with Gasteiger partial charge in [0.15, 0.2) is 0 Å². The third-order valence-corrected chi connectivity index (χ3v) is 5.52. The van der Waals surface area contributed by atoms with E-state index in [-0.39, 0.29) is 11.3 Å². The molecule has 1 heterocycles. The minimum Gasteiger partial charge on any atom is -0.497 e. The zero-order valence-corrected chi connectivity index (χ0v) is 14.1. The fourth-order valence-corrected chi connectivity index (χ4v) is 4.05. The van der Waals surface area contributed by atoms with Gasteiger partial charge in [-0.2, -0.15) is 0 Å². The average Bonchev–Trinajstić information content (AvgIpc) is 3.25. The number of methoxy groups -OCH3 is 1. The van der Waals surface area contributed by atoms with E-state index < -0.39 is 0 Å². The molecule has 0 radical (unpaired) electrons. The van der Waals surface area contributed by atoms with Crippen LogP contribution in [0.3, 0.4) is 0 Å². The Morgan fingerprint density at radius 2 is 2.04 bits per heavy atom. The van der Waals surface area contributed by atoms with E-state index in [2.05, 4.69) is 22.8 Å². The molecule has 1 aliphatic heterocycles. The van der Waals surface area contributed by atoms with Crippen molar-refractivity contribution in [1.82, 2.24) is 10.6 Å². The summed E-state index contributed by atoms with van der Waals surface area (Å²) in [6.07, 6.45) is 6.58. The fraction of sp³-hybridized carbons (Fsp3) is 0.632. The van der Waals surface area contributed by atoms with E-state index in [1.807, 2.05) is 12.1 Å². The molecule has 2 aliphatic rings. The first-order valence-corrected chi connectivity index (χ1v) is 8.84. The van der Waals surface area contributed by atoms with Gasteiger partial charge in [0.1, 0.15) is 5.75 Å². The van der Waals surface area contributed by atoms with Gasteiger partial charge in [-0.25, -0.2) is 0 Å². The minimum absolute atomic E-state index is 0.107. The van der Waals surface area contributed by atoms with E-state index in [1.165, 1.54) is 18.4 Å². The summed E-state index contributed by atoms with van der Waals surface area (Å²) in [6, 6.07) is 8.39. The predicted octanol–water partition coefficient (Wildman–Crippen LogP) is 2.62. The van der Waals surface area contributed by atoms with Gasteiger partial charge < -0.3 is 15.4 Å². The average molecular weight is 316 g/mol. The molecule has 2 fully saturated rings. The lowest BCUT2D eigenvalue weighted by atomic mass is 9.78. The lowest BCUT2D eigenvalue weighted by Crippen LogP contribution is -2.39. The first-order valence-electron chi connectivity index (χ1n) is 8.84. The predicted molar refractivity (Wildman–Crippen MR) is 91.7 cm³/mol. The van der Waals surface area contributed by atoms with Gasteiger partial charge in [0.2, 0.25) is 5.91 Å². The standard InChI is InChI=1S/C19H28N2O2/c1-23-17-6-4-16(5-7-17)19(9-2-3-10-19)14-21-18(22)12-15-8-11-20-13-15/h4-7,15,20H,2-3,8-14H2,1H3,(H,21,22). The van der Waals surface area contributed by atoms with Crippen LogP contribution in [0.25, 0.3) is 0 Å². The summed E-state index contributed by atoms with van der Waals surface area (Å²) in [5, 5.41) is 6.55. The summed E-state index contributed by atoms with van der Waals surface area (Å²) >= 11 is 0. The van der Waals surface area contributed by atoms with Crippen molar-refractivity contribution in [2.45, 2.75) is 43.9 Å². The Labute approximate surface area is 139 Å². The van der Waals surface area contributed by atoms with Gasteiger partial charge in [0.05, 0.1) is 7.11 Å². The topological polar surface area (TPSA) is 50.4 Å². The van der Waals surface area contributed by atoms with Gasteiger partial charge in [0.25, 0.3) is 0 Å². The molecule has 1 saturated carbocycles. The van der Waals surface area contributed by atoms with Gasteiger partial charge in [0, 0.05) is 18.4 Å². The molecule has 1 aromatic rings. The summed E-state index contributed by atoms with van der Waals surface area (Å²) in [5.74, 6) is 1.61. The summed E-state index contributed by atoms with van der Waals surface area (Å²) in [6.45, 7) is 2.79. The number of hydrogen-bond donors (Lipinski definition) is 2. The van der Waals surface area contributed by atoms with E-state index >= 15 is 0 Å². The molecule has 1 aromatic carbocycles. The Morgan fingerprint density at radius 1 is 1.30 bits per heavy atom. The molecular formula is C19H28N2O2. The molecule has 0 bridgehead atoms. The number of carbonyl (C=O) groups excluding carboxylic acids is 1. The number of ether oxygens (including phenoxy) is 1. The molecule has 1 atom stereocenters. The molecule has 4 heteroatoms. The van der Waals surface area contributed by atoms with Crippen LogP contribution in [0, 0.1) is 5.92 Å². The first-order chi connectivity index (χ1) is 11.2. The van der Waals surface area contributed by atoms with E-state index in [0.29, 0.717) is 12.3 Å². The van der Waals surface area contributed by atoms with Crippen molar-refractivity contribution in [1.29, 1.82) is 0 Å². The normalized spacial score (nSPS) is 22.9. The molecule has 3 rings (SSSR count). The zero-order chi connectivity index (χ0) is 16.1. The third-order valence-electron chi connectivity index (χ3n) is 5.52. The molecule has 1 amide bonds. The number of rotatable bonds is 6. The van der Waals surface area contributed by atoms with Crippen LogP contribution in [0.1, 0.15) is 44.1 Å². The van der Waals surface area contributed by atoms with Crippen LogP contribution in [0.2, 0.25) is 0 Å². The van der Waals surface area contributed by atoms with Crippen molar-refractivity contribution < 1.29 is 9.53 Å². The number of hydrogen-bond acceptors (Lipinski definition) is 3. The smallest absolute Gasteiger partial charge is 0.220 e. The number of nitrogens with one attached hydrogen (secondary N) is 2. The van der Waals surface area contributed by atoms with Crippen molar-refractivity contribution in [3.05, 3.63) is 29.8 Å². The number of benzene rings is 1. The van der Waals surface area contributed by atoms with Crippen LogP contribution in [0.15, 0.2) is 24.3 Å². The lowest BCUT2D eigenvalue weighted by molar-refractivity contribution is -0.122. The van der Waals surface area contributed by atoms with Crippen LogP contribution in [-0.2, 0) is 10.2 Å². The Balaban J connectivity index is 1.62. The van der Waals surface area contributed by atoms with Crippen LogP contribution >= 0.6 is 0 Å². The minimum atomic E-state index is 0.107. The highest BCUT2D eigenvalue weighted by Crippen LogP contribution is 2.41. The number of carbonyl (C=O) groups is 1. The van der Waals surface area contributed by atoms with Gasteiger partial charge in [-0.05, 0) is 56.0 Å². The molecule has 1 saturated heterocycles. The maximum absolute atomic E-state index is 12.3. The van der Waals surface area contributed by atoms with Gasteiger partial charge in [-0.1, -0.05) is 25.0 Å². The highest BCUT2D eigenvalue weighted by molar-refractivity contribution is 5.76. The molecule has 23 heavy (non-hydrogen) atoms. The van der Waals surface area contributed by atoms with Gasteiger partial charge in [-0.15, -0.1) is 0 Å². The largest absolute Gasteiger partial charge is 0.497 e. The SMILES string of the molecule is COc1ccc(C2(CNC(=O)CC3CCNC3)CCCC2)cc1. The second-order valence-corrected chi connectivity index (χ2v) is 7.06. The molecule has 4 nitrogen and oxygen atoms in total. The molecule has 1 aliphatic carbocycles. The Hall–Kier alpha value is -1.55. The summed E-state index contributed by atoms with van der Waals surface area (Å²) in [4.78, 5) is 12.3. The molecular weight excluding hydrogens is 288 g/mol. The molecule has 2 N–H and O–H groups in total. The second-order valence-electron chi connectivity index (χ2n) is 7.06. The summed E-state index contributed by atoms with van der Waals surface area (Å²) in [5.41, 5.74) is 1.44. The van der Waals surface area contributed by atoms with E-state index in [9.17, 15) is 4.79 Å². The molecule has 1 unspecified atom stereocenters. The van der Waals surface area contributed by atoms with Crippen LogP contribution in [0.4, 0.5) is 0 Å². The van der Waals surface area contributed by atoms with Crippen LogP contribution < -0.4 is 15.4 Å². The number of amides is 1. The second kappa shape index (κ2) is 7.35. The van der Waals surface area contributed by atoms with E-state index in [1.54, 1.807) is 7.11 Å². The van der Waals surface area contributed by atoms with Crippen LogP contribution in [-0.4, -0.2) is 32.7 Å². The highest BCUT2D eigenvalue weighted by Gasteiger charge is 2.36. The van der Waals surface area contributed by atoms with Crippen molar-refractivity contribution in [2.75, 3.05) is 26.7 Å². The van der Waals surface area contributed by atoms with Crippen molar-refractivity contribution >= 4 is 5.91 Å². The van der Waals surface area contributed by atoms with Crippen LogP contribution in [0.5, 0.6) is 5.75 Å². The third kappa shape index (κ3) is 3.86. The molecule has 126 valence electrons. The van der Waals surface area contributed by atoms with Gasteiger partial charge in [-0.3, -0.25) is 4.79 Å². The van der Waals surface area contributed by atoms with E-state index in [4.69, 9.17) is 4.74 Å². The maximum Gasteiger partial charge on any atom is 0.220 e. The zero-order valence-electron chi connectivity index (χ0n) is 14.1. The fourth-order valence-electron chi connectivity index (χ4n) is 4.05. The summed E-state index contributed by atoms with van der Waals surface area (Å²) in [7, 11) is 1.69. The summed E-state index contributed by atoms with van der Waals surface area (Å²) < 4.78 is 5.26. The lowest BCUT2D eigenvalue weighted by Gasteiger charge is -2.30. The monoisotopic (exact) mass is 316 g/mol. The van der Waals surface area contributed by atoms with E-state index in [0.717, 1.165) is 44.6 Å². The Morgan fingerprint density at radius 3 is 2.65 bits per heavy atom. The quantitative estimate of drug-likeness (QED) is 0.848.